The minimum atomic E-state index is -0.771. The molecule has 3 aromatic rings. The van der Waals surface area contributed by atoms with E-state index in [0.717, 1.165) is 18.6 Å². The summed E-state index contributed by atoms with van der Waals surface area (Å²) in [6.45, 7) is 3.16. The molecule has 0 bridgehead atoms. The molecular weight excluding hydrogens is 356 g/mol. The number of hydrogen-bond donors (Lipinski definition) is 0. The van der Waals surface area contributed by atoms with E-state index in [1.54, 1.807) is 21.8 Å². The maximum Gasteiger partial charge on any atom is 0.275 e. The molecule has 1 aromatic carbocycles. The van der Waals surface area contributed by atoms with Gasteiger partial charge in [0.05, 0.1) is 5.56 Å². The lowest BCUT2D eigenvalue weighted by molar-refractivity contribution is 0.0703. The highest BCUT2D eigenvalue weighted by molar-refractivity contribution is 5.92. The topological polar surface area (TPSA) is 77.0 Å². The molecule has 7 nitrogen and oxygen atoms in total. The van der Waals surface area contributed by atoms with E-state index in [2.05, 4.69) is 15.2 Å². The smallest absolute Gasteiger partial charge is 0.275 e. The maximum absolute atomic E-state index is 13.9. The van der Waals surface area contributed by atoms with Crippen molar-refractivity contribution in [1.82, 2.24) is 24.8 Å². The van der Waals surface area contributed by atoms with Crippen molar-refractivity contribution < 1.29 is 18.1 Å². The number of amides is 1. The van der Waals surface area contributed by atoms with Crippen LogP contribution in [0.25, 0.3) is 11.4 Å². The molecule has 1 amide bonds. The molecule has 0 unspecified atom stereocenters. The van der Waals surface area contributed by atoms with E-state index in [1.165, 1.54) is 6.07 Å². The van der Waals surface area contributed by atoms with Crippen LogP contribution in [0.3, 0.4) is 0 Å². The molecule has 0 radical (unpaired) electrons. The van der Waals surface area contributed by atoms with E-state index in [-0.39, 0.29) is 23.2 Å². The fourth-order valence-electron chi connectivity index (χ4n) is 3.22. The molecule has 0 aliphatic carbocycles. The second-order valence-corrected chi connectivity index (χ2v) is 6.29. The number of aryl methyl sites for hydroxylation is 1. The van der Waals surface area contributed by atoms with Crippen molar-refractivity contribution in [3.8, 4) is 11.4 Å². The fraction of sp³-hybridized carbons (Fsp3) is 0.333. The zero-order valence-electron chi connectivity index (χ0n) is 14.6. The molecule has 4 rings (SSSR count). The molecule has 9 heteroatoms. The summed E-state index contributed by atoms with van der Waals surface area (Å²) in [5.41, 5.74) is 0.400. The minimum absolute atomic E-state index is 0.0251. The van der Waals surface area contributed by atoms with Gasteiger partial charge in [0, 0.05) is 25.4 Å². The third-order valence-corrected chi connectivity index (χ3v) is 4.60. The van der Waals surface area contributed by atoms with Crippen molar-refractivity contribution in [2.45, 2.75) is 32.4 Å². The second kappa shape index (κ2) is 6.90. The van der Waals surface area contributed by atoms with Gasteiger partial charge in [0.25, 0.3) is 5.91 Å². The highest BCUT2D eigenvalue weighted by Crippen LogP contribution is 2.33. The predicted octanol–water partition coefficient (Wildman–Crippen LogP) is 3.21. The number of nitrogens with zero attached hydrogens (tertiary/aromatic N) is 5. The molecule has 27 heavy (non-hydrogen) atoms. The zero-order valence-corrected chi connectivity index (χ0v) is 14.6. The van der Waals surface area contributed by atoms with E-state index in [0.29, 0.717) is 25.2 Å². The van der Waals surface area contributed by atoms with Gasteiger partial charge in [-0.2, -0.15) is 10.1 Å². The van der Waals surface area contributed by atoms with Gasteiger partial charge in [-0.25, -0.2) is 8.78 Å². The molecule has 1 fully saturated rings. The van der Waals surface area contributed by atoms with Gasteiger partial charge in [-0.3, -0.25) is 9.48 Å². The Labute approximate surface area is 153 Å². The van der Waals surface area contributed by atoms with Crippen LogP contribution in [0.15, 0.2) is 35.0 Å². The van der Waals surface area contributed by atoms with Crippen LogP contribution in [0.5, 0.6) is 0 Å². The zero-order chi connectivity index (χ0) is 19.0. The first-order valence-electron chi connectivity index (χ1n) is 8.70. The van der Waals surface area contributed by atoms with Crippen LogP contribution in [0.2, 0.25) is 0 Å². The second-order valence-electron chi connectivity index (χ2n) is 6.29. The molecule has 1 atom stereocenters. The number of carbonyl (C=O) groups excluding carboxylic acids is 1. The van der Waals surface area contributed by atoms with Crippen LogP contribution in [-0.2, 0) is 6.54 Å². The normalized spacial score (nSPS) is 16.9. The fourth-order valence-corrected chi connectivity index (χ4v) is 3.22. The largest absolute Gasteiger partial charge is 0.337 e. The Bertz CT molecular complexity index is 984. The van der Waals surface area contributed by atoms with Crippen LogP contribution in [0.4, 0.5) is 8.78 Å². The van der Waals surface area contributed by atoms with E-state index >= 15 is 0 Å². The Hall–Kier alpha value is -3.10. The maximum atomic E-state index is 13.9. The first-order valence-corrected chi connectivity index (χ1v) is 8.70. The van der Waals surface area contributed by atoms with Gasteiger partial charge in [-0.1, -0.05) is 5.16 Å². The summed E-state index contributed by atoms with van der Waals surface area (Å²) in [7, 11) is 0. The van der Waals surface area contributed by atoms with Crippen molar-refractivity contribution in [3.63, 3.8) is 0 Å². The number of benzene rings is 1. The van der Waals surface area contributed by atoms with Crippen LogP contribution >= 0.6 is 0 Å². The van der Waals surface area contributed by atoms with Crippen LogP contribution in [0, 0.1) is 11.6 Å². The monoisotopic (exact) mass is 373 g/mol. The number of halogens is 2. The average molecular weight is 373 g/mol. The Morgan fingerprint density at radius 2 is 2.19 bits per heavy atom. The highest BCUT2D eigenvalue weighted by atomic mass is 19.1. The Kier molecular flexibility index (Phi) is 4.43. The van der Waals surface area contributed by atoms with Gasteiger partial charge in [-0.15, -0.1) is 0 Å². The number of carbonyl (C=O) groups is 1. The summed E-state index contributed by atoms with van der Waals surface area (Å²) in [5.74, 6) is -1.41. The van der Waals surface area contributed by atoms with E-state index < -0.39 is 17.7 Å². The standard InChI is InChI=1S/C18H17F2N5O2/c1-2-24-9-7-14(22-24)18(26)25-8-3-4-15(25)17-21-16(23-27-17)12-6-5-11(19)10-13(12)20/h5-7,9-10,15H,2-4,8H2,1H3/t15-/m1/s1. The third-order valence-electron chi connectivity index (χ3n) is 4.60. The number of aromatic nitrogens is 4. The van der Waals surface area contributed by atoms with Crippen LogP contribution < -0.4 is 0 Å². The lowest BCUT2D eigenvalue weighted by Gasteiger charge is -2.20. The van der Waals surface area contributed by atoms with Crippen LogP contribution in [-0.4, -0.2) is 37.3 Å². The van der Waals surface area contributed by atoms with Gasteiger partial charge in [0.15, 0.2) is 0 Å². The predicted molar refractivity (Wildman–Crippen MR) is 90.6 cm³/mol. The molecule has 140 valence electrons. The summed E-state index contributed by atoms with van der Waals surface area (Å²) in [6.07, 6.45) is 3.20. The van der Waals surface area contributed by atoms with Crippen molar-refractivity contribution in [1.29, 1.82) is 0 Å². The van der Waals surface area contributed by atoms with Crippen molar-refractivity contribution in [2.75, 3.05) is 6.54 Å². The Morgan fingerprint density at radius 3 is 2.93 bits per heavy atom. The van der Waals surface area contributed by atoms with E-state index in [9.17, 15) is 13.6 Å². The lowest BCUT2D eigenvalue weighted by atomic mass is 10.2. The summed E-state index contributed by atoms with van der Waals surface area (Å²) in [6, 6.07) is 4.43. The highest BCUT2D eigenvalue weighted by Gasteiger charge is 2.35. The van der Waals surface area contributed by atoms with Gasteiger partial charge in [0.1, 0.15) is 23.4 Å². The molecule has 2 aromatic heterocycles. The average Bonchev–Trinajstić information content (AvgIpc) is 3.40. The molecular formula is C18H17F2N5O2. The molecule has 1 saturated heterocycles. The van der Waals surface area contributed by atoms with Crippen molar-refractivity contribution in [2.24, 2.45) is 0 Å². The third kappa shape index (κ3) is 3.20. The summed E-state index contributed by atoms with van der Waals surface area (Å²) in [4.78, 5) is 18.7. The molecule has 0 spiro atoms. The van der Waals surface area contributed by atoms with Gasteiger partial charge >= 0.3 is 0 Å². The SMILES string of the molecule is CCn1ccc(C(=O)N2CCC[C@@H]2c2nc(-c3ccc(F)cc3F)no2)n1. The summed E-state index contributed by atoms with van der Waals surface area (Å²) in [5, 5.41) is 8.05. The Morgan fingerprint density at radius 1 is 1.33 bits per heavy atom. The first-order chi connectivity index (χ1) is 13.1. The molecule has 1 aliphatic heterocycles. The van der Waals surface area contributed by atoms with Crippen LogP contribution in [0.1, 0.15) is 42.2 Å². The Balaban J connectivity index is 1.59. The molecule has 0 saturated carbocycles. The van der Waals surface area contributed by atoms with Gasteiger partial charge in [-0.05, 0) is 38.0 Å². The van der Waals surface area contributed by atoms with Crippen molar-refractivity contribution in [3.05, 3.63) is 53.7 Å². The molecule has 0 N–H and O–H groups in total. The van der Waals surface area contributed by atoms with Gasteiger partial charge < -0.3 is 9.42 Å². The molecule has 1 aliphatic rings. The summed E-state index contributed by atoms with van der Waals surface area (Å²) >= 11 is 0. The minimum Gasteiger partial charge on any atom is -0.337 e. The quantitative estimate of drug-likeness (QED) is 0.702. The van der Waals surface area contributed by atoms with Gasteiger partial charge in [0.2, 0.25) is 11.7 Å². The number of rotatable bonds is 4. The van der Waals surface area contributed by atoms with E-state index in [1.807, 2.05) is 6.92 Å². The van der Waals surface area contributed by atoms with Crippen molar-refractivity contribution >= 4 is 5.91 Å². The lowest BCUT2D eigenvalue weighted by Crippen LogP contribution is -2.31. The summed E-state index contributed by atoms with van der Waals surface area (Å²) < 4.78 is 34.0. The first kappa shape index (κ1) is 17.3. The molecule has 3 heterocycles. The number of likely N-dealkylation sites (tertiary alicyclic amines) is 1. The number of hydrogen-bond acceptors (Lipinski definition) is 5. The van der Waals surface area contributed by atoms with E-state index in [4.69, 9.17) is 4.52 Å².